The number of rotatable bonds is 3. The number of ether oxygens (including phenoxy) is 2. The molecule has 12 heteroatoms. The van der Waals surface area contributed by atoms with E-state index >= 15 is 0 Å². The normalized spacial score (nSPS) is 21.0. The summed E-state index contributed by atoms with van der Waals surface area (Å²) in [4.78, 5) is 22.9. The van der Waals surface area contributed by atoms with Crippen LogP contribution < -0.4 is 25.1 Å². The molecule has 0 saturated carbocycles. The van der Waals surface area contributed by atoms with Crippen LogP contribution in [0.15, 0.2) is 17.2 Å². The second-order valence-corrected chi connectivity index (χ2v) is 8.31. The number of carbonyl (C=O) groups excluding carboxylic acids is 1. The minimum atomic E-state index is -5.08. The first kappa shape index (κ1) is 23.6. The number of fused-ring (bicyclic) bond motifs is 3. The van der Waals surface area contributed by atoms with Gasteiger partial charge in [-0.3, -0.25) is 4.79 Å². The number of hydrogen-bond acceptors (Lipinski definition) is 7. The molecule has 9 nitrogen and oxygen atoms in total. The third-order valence-corrected chi connectivity index (χ3v) is 5.27. The highest BCUT2D eigenvalue weighted by atomic mass is 19.4. The Bertz CT molecular complexity index is 944. The molecule has 1 saturated heterocycles. The van der Waals surface area contributed by atoms with E-state index in [1.54, 1.807) is 0 Å². The van der Waals surface area contributed by atoms with E-state index in [9.17, 15) is 18.0 Å². The lowest BCUT2D eigenvalue weighted by molar-refractivity contribution is -0.192. The number of hydrazone groups is 1. The van der Waals surface area contributed by atoms with Crippen molar-refractivity contribution >= 4 is 23.4 Å². The zero-order chi connectivity index (χ0) is 23.8. The van der Waals surface area contributed by atoms with Gasteiger partial charge in [-0.25, -0.2) is 10.2 Å². The summed E-state index contributed by atoms with van der Waals surface area (Å²) in [6.45, 7) is 10.3. The summed E-state index contributed by atoms with van der Waals surface area (Å²) in [5.74, 6) is -0.249. The number of benzene rings is 1. The molecule has 1 fully saturated rings. The third-order valence-electron chi connectivity index (χ3n) is 5.27. The molecule has 0 unspecified atom stereocenters. The molecule has 3 heterocycles. The fourth-order valence-corrected chi connectivity index (χ4v) is 3.42. The number of alkyl halides is 3. The maximum atomic E-state index is 12.1. The minimum Gasteiger partial charge on any atom is -0.485 e. The number of amides is 1. The van der Waals surface area contributed by atoms with Crippen molar-refractivity contribution < 1.29 is 37.3 Å². The maximum absolute atomic E-state index is 12.1. The number of nitrogens with one attached hydrogen (secondary N) is 2. The van der Waals surface area contributed by atoms with Crippen molar-refractivity contribution in [2.75, 3.05) is 24.6 Å². The Balaban J connectivity index is 0.000000360. The van der Waals surface area contributed by atoms with Gasteiger partial charge in [0.15, 0.2) is 5.84 Å². The first-order chi connectivity index (χ1) is 14.8. The smallest absolute Gasteiger partial charge is 0.485 e. The molecule has 32 heavy (non-hydrogen) atoms. The molecule has 3 N–H and O–H groups in total. The van der Waals surface area contributed by atoms with E-state index in [0.29, 0.717) is 18.4 Å². The highest BCUT2D eigenvalue weighted by molar-refractivity contribution is 6.09. The van der Waals surface area contributed by atoms with Crippen molar-refractivity contribution in [1.29, 1.82) is 0 Å². The van der Waals surface area contributed by atoms with Gasteiger partial charge in [-0.05, 0) is 25.8 Å². The van der Waals surface area contributed by atoms with E-state index in [1.165, 1.54) is 0 Å². The molecule has 4 rings (SSSR count). The average molecular weight is 458 g/mol. The van der Waals surface area contributed by atoms with Gasteiger partial charge in [0.05, 0.1) is 5.69 Å². The van der Waals surface area contributed by atoms with Crippen LogP contribution in [0.3, 0.4) is 0 Å². The highest BCUT2D eigenvalue weighted by Crippen LogP contribution is 2.43. The molecule has 0 radical (unpaired) electrons. The summed E-state index contributed by atoms with van der Waals surface area (Å²) in [6.07, 6.45) is -5.08. The van der Waals surface area contributed by atoms with Crippen LogP contribution in [0.4, 0.5) is 18.9 Å². The molecule has 1 amide bonds. The van der Waals surface area contributed by atoms with Gasteiger partial charge in [0.1, 0.15) is 29.7 Å². The summed E-state index contributed by atoms with van der Waals surface area (Å²) < 4.78 is 44.0. The Hall–Kier alpha value is -3.02. The van der Waals surface area contributed by atoms with Crippen LogP contribution in [-0.2, 0) is 9.59 Å². The second-order valence-electron chi connectivity index (χ2n) is 8.31. The van der Waals surface area contributed by atoms with Crippen LogP contribution in [0.25, 0.3) is 0 Å². The topological polar surface area (TPSA) is 112 Å². The molecular formula is C20H25F3N4O5. The minimum absolute atomic E-state index is 0.123. The summed E-state index contributed by atoms with van der Waals surface area (Å²) in [5, 5.41) is 14.5. The number of halogens is 3. The summed E-state index contributed by atoms with van der Waals surface area (Å²) in [5.41, 5.74) is 4.30. The van der Waals surface area contributed by atoms with Crippen molar-refractivity contribution in [3.63, 3.8) is 0 Å². The van der Waals surface area contributed by atoms with Crippen LogP contribution >= 0.6 is 0 Å². The van der Waals surface area contributed by atoms with Gasteiger partial charge in [0.2, 0.25) is 0 Å². The molecule has 0 aromatic heterocycles. The fourth-order valence-electron chi connectivity index (χ4n) is 3.42. The standard InChI is InChI=1S/C18H24N4O3.C2HF3O2/c1-10(2)12-5-15-13(6-14(12)25-18(4)8-19-9-18)22-11(3)17(23)21-20-16(22)7-24-15;3-2(4,5)1(6)7/h5-6,10-11,19H,7-9H2,1-4H3,(H,21,23);(H,6,7)/t11-;/m1./s1. The van der Waals surface area contributed by atoms with E-state index in [1.807, 2.05) is 24.0 Å². The van der Waals surface area contributed by atoms with Gasteiger partial charge in [-0.1, -0.05) is 13.8 Å². The lowest BCUT2D eigenvalue weighted by Gasteiger charge is -2.42. The monoisotopic (exact) mass is 458 g/mol. The van der Waals surface area contributed by atoms with Gasteiger partial charge >= 0.3 is 12.1 Å². The lowest BCUT2D eigenvalue weighted by atomic mass is 9.97. The number of carbonyl (C=O) groups is 2. The Labute approximate surface area is 182 Å². The molecule has 0 aliphatic carbocycles. The fraction of sp³-hybridized carbons (Fsp3) is 0.550. The predicted molar refractivity (Wildman–Crippen MR) is 109 cm³/mol. The molecule has 1 atom stereocenters. The highest BCUT2D eigenvalue weighted by Gasteiger charge is 2.39. The van der Waals surface area contributed by atoms with Crippen LogP contribution in [-0.4, -0.2) is 60.3 Å². The molecular weight excluding hydrogens is 433 g/mol. The van der Waals surface area contributed by atoms with E-state index in [0.717, 1.165) is 35.8 Å². The molecule has 3 aliphatic rings. The quantitative estimate of drug-likeness (QED) is 0.637. The van der Waals surface area contributed by atoms with Crippen molar-refractivity contribution in [3.8, 4) is 11.5 Å². The Morgan fingerprint density at radius 2 is 2.00 bits per heavy atom. The summed E-state index contributed by atoms with van der Waals surface area (Å²) in [7, 11) is 0. The van der Waals surface area contributed by atoms with Crippen LogP contribution in [0.2, 0.25) is 0 Å². The van der Waals surface area contributed by atoms with Gasteiger partial charge in [0, 0.05) is 24.7 Å². The number of anilines is 1. The lowest BCUT2D eigenvalue weighted by Crippen LogP contribution is -2.61. The average Bonchev–Trinajstić information content (AvgIpc) is 2.68. The maximum Gasteiger partial charge on any atom is 0.490 e. The van der Waals surface area contributed by atoms with Gasteiger partial charge in [0.25, 0.3) is 5.91 Å². The number of hydrogen-bond donors (Lipinski definition) is 3. The number of carboxylic acids is 1. The zero-order valence-corrected chi connectivity index (χ0v) is 18.0. The Morgan fingerprint density at radius 3 is 2.50 bits per heavy atom. The summed E-state index contributed by atoms with van der Waals surface area (Å²) in [6, 6.07) is 3.70. The Kier molecular flexibility index (Phi) is 6.27. The van der Waals surface area contributed by atoms with Gasteiger partial charge in [-0.2, -0.15) is 18.3 Å². The molecule has 3 aliphatic heterocycles. The second kappa shape index (κ2) is 8.49. The third kappa shape index (κ3) is 4.74. The number of carboxylic acid groups (broad SMARTS) is 1. The van der Waals surface area contributed by atoms with Crippen molar-refractivity contribution in [2.45, 2.75) is 51.4 Å². The van der Waals surface area contributed by atoms with Crippen molar-refractivity contribution in [1.82, 2.24) is 10.7 Å². The van der Waals surface area contributed by atoms with E-state index in [-0.39, 0.29) is 17.6 Å². The Morgan fingerprint density at radius 1 is 1.38 bits per heavy atom. The number of amidine groups is 1. The van der Waals surface area contributed by atoms with E-state index in [4.69, 9.17) is 19.4 Å². The van der Waals surface area contributed by atoms with Crippen LogP contribution in [0, 0.1) is 0 Å². The van der Waals surface area contributed by atoms with Gasteiger partial charge < -0.3 is 24.8 Å². The first-order valence-electron chi connectivity index (χ1n) is 9.98. The molecule has 0 spiro atoms. The molecule has 0 bridgehead atoms. The first-order valence-corrected chi connectivity index (χ1v) is 9.98. The van der Waals surface area contributed by atoms with Crippen LogP contribution in [0.5, 0.6) is 11.5 Å². The van der Waals surface area contributed by atoms with Crippen molar-refractivity contribution in [3.05, 3.63) is 17.7 Å². The zero-order valence-electron chi connectivity index (χ0n) is 18.0. The van der Waals surface area contributed by atoms with Crippen molar-refractivity contribution in [2.24, 2.45) is 5.10 Å². The number of nitrogens with zero attached hydrogens (tertiary/aromatic N) is 2. The molecule has 1 aromatic rings. The van der Waals surface area contributed by atoms with E-state index < -0.39 is 12.1 Å². The summed E-state index contributed by atoms with van der Waals surface area (Å²) >= 11 is 0. The van der Waals surface area contributed by atoms with Crippen LogP contribution in [0.1, 0.15) is 39.2 Å². The van der Waals surface area contributed by atoms with E-state index in [2.05, 4.69) is 36.6 Å². The van der Waals surface area contributed by atoms with Gasteiger partial charge in [-0.15, -0.1) is 0 Å². The SMILES string of the molecule is CC(C)c1cc2c(cc1OC1(C)CNC1)N1C(=NNC(=O)[C@H]1C)CO2.O=C(O)C(F)(F)F. The molecule has 1 aromatic carbocycles. The number of aliphatic carboxylic acids is 1. The predicted octanol–water partition coefficient (Wildman–Crippen LogP) is 2.21. The molecule has 176 valence electrons. The largest absolute Gasteiger partial charge is 0.490 e.